The van der Waals surface area contributed by atoms with Crippen LogP contribution >= 0.6 is 0 Å². The quantitative estimate of drug-likeness (QED) is 0.720. The summed E-state index contributed by atoms with van der Waals surface area (Å²) in [5.74, 6) is -0.645. The standard InChI is InChI=1S/C23H27N3O4S/c1-16-9-13-18(14-10-16)31(29,30)26-15-5-4-8-21(26)23(28)25-20-7-3-2-6-19(20)22(27)24-17-11-12-17/h2-3,6-7,9-10,13-14,17,21H,4-5,8,11-12,15H2,1H3,(H,24,27)(H,25,28)/t21-/m1/s1. The second-order valence-corrected chi connectivity index (χ2v) is 10.1. The van der Waals surface area contributed by atoms with Crippen LogP contribution in [0.4, 0.5) is 5.69 Å². The molecule has 0 bridgehead atoms. The molecule has 2 N–H and O–H groups in total. The normalized spacial score (nSPS) is 19.6. The number of benzene rings is 2. The Hall–Kier alpha value is -2.71. The second-order valence-electron chi connectivity index (χ2n) is 8.22. The highest BCUT2D eigenvalue weighted by molar-refractivity contribution is 7.89. The molecule has 1 aliphatic heterocycles. The number of piperidine rings is 1. The zero-order valence-electron chi connectivity index (χ0n) is 17.5. The first kappa shape index (κ1) is 21.5. The third kappa shape index (κ3) is 4.80. The fourth-order valence-corrected chi connectivity index (χ4v) is 5.45. The van der Waals surface area contributed by atoms with Gasteiger partial charge < -0.3 is 10.6 Å². The van der Waals surface area contributed by atoms with Crippen LogP contribution in [0.2, 0.25) is 0 Å². The average molecular weight is 442 g/mol. The van der Waals surface area contributed by atoms with E-state index in [2.05, 4.69) is 10.6 Å². The molecule has 2 aromatic carbocycles. The van der Waals surface area contributed by atoms with E-state index in [4.69, 9.17) is 0 Å². The summed E-state index contributed by atoms with van der Waals surface area (Å²) >= 11 is 0. The Morgan fingerprint density at radius 2 is 1.68 bits per heavy atom. The molecule has 2 aromatic rings. The van der Waals surface area contributed by atoms with Crippen LogP contribution in [0.1, 0.15) is 48.0 Å². The molecule has 2 aliphatic rings. The van der Waals surface area contributed by atoms with E-state index in [-0.39, 0.29) is 23.4 Å². The number of hydrogen-bond acceptors (Lipinski definition) is 4. The topological polar surface area (TPSA) is 95.6 Å². The maximum Gasteiger partial charge on any atom is 0.253 e. The van der Waals surface area contributed by atoms with Gasteiger partial charge >= 0.3 is 0 Å². The van der Waals surface area contributed by atoms with Crippen LogP contribution in [0.3, 0.4) is 0 Å². The van der Waals surface area contributed by atoms with Gasteiger partial charge in [-0.15, -0.1) is 0 Å². The van der Waals surface area contributed by atoms with Crippen molar-refractivity contribution in [2.24, 2.45) is 0 Å². The summed E-state index contributed by atoms with van der Waals surface area (Å²) in [6.07, 6.45) is 3.84. The van der Waals surface area contributed by atoms with Crippen molar-refractivity contribution in [1.29, 1.82) is 0 Å². The molecule has 1 saturated carbocycles. The smallest absolute Gasteiger partial charge is 0.253 e. The lowest BCUT2D eigenvalue weighted by Crippen LogP contribution is -2.50. The van der Waals surface area contributed by atoms with Crippen molar-refractivity contribution in [3.8, 4) is 0 Å². The van der Waals surface area contributed by atoms with Gasteiger partial charge in [0.1, 0.15) is 6.04 Å². The minimum Gasteiger partial charge on any atom is -0.349 e. The number of hydrogen-bond donors (Lipinski definition) is 2. The molecule has 1 heterocycles. The van der Waals surface area contributed by atoms with Gasteiger partial charge in [-0.2, -0.15) is 4.31 Å². The number of aryl methyl sites for hydroxylation is 1. The lowest BCUT2D eigenvalue weighted by Gasteiger charge is -2.33. The number of amides is 2. The van der Waals surface area contributed by atoms with Crippen LogP contribution < -0.4 is 10.6 Å². The van der Waals surface area contributed by atoms with E-state index < -0.39 is 22.0 Å². The van der Waals surface area contributed by atoms with Crippen LogP contribution in [-0.2, 0) is 14.8 Å². The lowest BCUT2D eigenvalue weighted by molar-refractivity contribution is -0.120. The summed E-state index contributed by atoms with van der Waals surface area (Å²) in [5, 5.41) is 5.74. The first-order chi connectivity index (χ1) is 14.9. The van der Waals surface area contributed by atoms with E-state index in [1.54, 1.807) is 48.5 Å². The van der Waals surface area contributed by atoms with Crippen molar-refractivity contribution in [1.82, 2.24) is 9.62 Å². The van der Waals surface area contributed by atoms with Crippen LogP contribution in [0.25, 0.3) is 0 Å². The Morgan fingerprint density at radius 1 is 0.968 bits per heavy atom. The van der Waals surface area contributed by atoms with Crippen LogP contribution in [0.15, 0.2) is 53.4 Å². The van der Waals surface area contributed by atoms with Gasteiger partial charge in [0.25, 0.3) is 5.91 Å². The van der Waals surface area contributed by atoms with E-state index in [9.17, 15) is 18.0 Å². The van der Waals surface area contributed by atoms with E-state index in [0.717, 1.165) is 24.8 Å². The molecule has 31 heavy (non-hydrogen) atoms. The fourth-order valence-electron chi connectivity index (χ4n) is 3.80. The SMILES string of the molecule is Cc1ccc(S(=O)(=O)N2CCCC[C@@H]2C(=O)Nc2ccccc2C(=O)NC2CC2)cc1. The molecule has 4 rings (SSSR count). The van der Waals surface area contributed by atoms with E-state index in [1.165, 1.54) is 4.31 Å². The molecule has 7 nitrogen and oxygen atoms in total. The van der Waals surface area contributed by atoms with Crippen molar-refractivity contribution in [2.75, 3.05) is 11.9 Å². The van der Waals surface area contributed by atoms with E-state index in [0.29, 0.717) is 24.1 Å². The number of sulfonamides is 1. The van der Waals surface area contributed by atoms with Crippen molar-refractivity contribution in [3.05, 3.63) is 59.7 Å². The average Bonchev–Trinajstić information content (AvgIpc) is 3.58. The summed E-state index contributed by atoms with van der Waals surface area (Å²) < 4.78 is 27.8. The molecule has 1 saturated heterocycles. The van der Waals surface area contributed by atoms with E-state index in [1.807, 2.05) is 6.92 Å². The monoisotopic (exact) mass is 441 g/mol. The van der Waals surface area contributed by atoms with Crippen LogP contribution in [0.5, 0.6) is 0 Å². The number of para-hydroxylation sites is 1. The number of anilines is 1. The van der Waals surface area contributed by atoms with Gasteiger partial charge in [-0.25, -0.2) is 8.42 Å². The van der Waals surface area contributed by atoms with E-state index >= 15 is 0 Å². The van der Waals surface area contributed by atoms with Gasteiger partial charge in [0, 0.05) is 12.6 Å². The Morgan fingerprint density at radius 3 is 2.39 bits per heavy atom. The minimum atomic E-state index is -3.81. The molecule has 0 aromatic heterocycles. The molecule has 1 atom stereocenters. The number of nitrogens with one attached hydrogen (secondary N) is 2. The molecular formula is C23H27N3O4S. The number of rotatable bonds is 6. The maximum absolute atomic E-state index is 13.3. The number of nitrogens with zero attached hydrogens (tertiary/aromatic N) is 1. The highest BCUT2D eigenvalue weighted by atomic mass is 32.2. The van der Waals surface area contributed by atoms with Crippen molar-refractivity contribution in [3.63, 3.8) is 0 Å². The van der Waals surface area contributed by atoms with Gasteiger partial charge in [0.05, 0.1) is 16.1 Å². The molecule has 0 radical (unpaired) electrons. The Kier molecular flexibility index (Phi) is 6.11. The van der Waals surface area contributed by atoms with Crippen molar-refractivity contribution < 1.29 is 18.0 Å². The summed E-state index contributed by atoms with van der Waals surface area (Å²) in [4.78, 5) is 25.9. The minimum absolute atomic E-state index is 0.182. The highest BCUT2D eigenvalue weighted by Gasteiger charge is 2.38. The molecule has 2 fully saturated rings. The van der Waals surface area contributed by atoms with Crippen molar-refractivity contribution in [2.45, 2.75) is 56.0 Å². The molecule has 1 aliphatic carbocycles. The summed E-state index contributed by atoms with van der Waals surface area (Å²) in [6.45, 7) is 2.18. The zero-order chi connectivity index (χ0) is 22.0. The van der Waals surface area contributed by atoms with Gasteiger partial charge in [-0.3, -0.25) is 9.59 Å². The van der Waals surface area contributed by atoms with Gasteiger partial charge in [0.2, 0.25) is 15.9 Å². The van der Waals surface area contributed by atoms with Gasteiger partial charge in [0.15, 0.2) is 0 Å². The third-order valence-corrected chi connectivity index (χ3v) is 7.65. The lowest BCUT2D eigenvalue weighted by atomic mass is 10.0. The molecule has 0 unspecified atom stereocenters. The third-order valence-electron chi connectivity index (χ3n) is 5.73. The predicted molar refractivity (Wildman–Crippen MR) is 118 cm³/mol. The predicted octanol–water partition coefficient (Wildman–Crippen LogP) is 3.07. The Labute approximate surface area is 182 Å². The van der Waals surface area contributed by atoms with Crippen LogP contribution in [-0.4, -0.2) is 43.2 Å². The molecule has 8 heteroatoms. The molecular weight excluding hydrogens is 414 g/mol. The summed E-state index contributed by atoms with van der Waals surface area (Å²) in [6, 6.07) is 12.8. The highest BCUT2D eigenvalue weighted by Crippen LogP contribution is 2.27. The van der Waals surface area contributed by atoms with Crippen molar-refractivity contribution >= 4 is 27.5 Å². The number of carbonyl (C=O) groups excluding carboxylic acids is 2. The van der Waals surface area contributed by atoms with Gasteiger partial charge in [-0.05, 0) is 56.9 Å². The largest absolute Gasteiger partial charge is 0.349 e. The number of carbonyl (C=O) groups is 2. The molecule has 164 valence electrons. The maximum atomic E-state index is 13.3. The summed E-state index contributed by atoms with van der Waals surface area (Å²) in [5.41, 5.74) is 1.74. The first-order valence-electron chi connectivity index (χ1n) is 10.7. The zero-order valence-corrected chi connectivity index (χ0v) is 18.3. The summed E-state index contributed by atoms with van der Waals surface area (Å²) in [7, 11) is -3.81. The first-order valence-corrected chi connectivity index (χ1v) is 12.1. The van der Waals surface area contributed by atoms with Crippen LogP contribution in [0, 0.1) is 6.92 Å². The Bertz CT molecular complexity index is 1080. The molecule has 0 spiro atoms. The van der Waals surface area contributed by atoms with Gasteiger partial charge in [-0.1, -0.05) is 36.2 Å². The second kappa shape index (κ2) is 8.80. The molecule has 2 amide bonds. The Balaban J connectivity index is 1.56. The fraction of sp³-hybridized carbons (Fsp3) is 0.391.